The quantitative estimate of drug-likeness (QED) is 0.825. The van der Waals surface area contributed by atoms with Gasteiger partial charge in [0.05, 0.1) is 0 Å². The highest BCUT2D eigenvalue weighted by atomic mass is 79.9. The number of hydrogen-bond donors (Lipinski definition) is 2. The van der Waals surface area contributed by atoms with Gasteiger partial charge in [-0.25, -0.2) is 0 Å². The number of fused-ring (bicyclic) bond motifs is 1. The van der Waals surface area contributed by atoms with Crippen molar-refractivity contribution in [2.24, 2.45) is 0 Å². The van der Waals surface area contributed by atoms with Gasteiger partial charge in [0, 0.05) is 33.5 Å². The molecule has 0 bridgehead atoms. The molecule has 0 aliphatic carbocycles. The maximum absolute atomic E-state index is 3.77. The number of aryl methyl sites for hydroxylation is 2. The van der Waals surface area contributed by atoms with E-state index >= 15 is 0 Å². The summed E-state index contributed by atoms with van der Waals surface area (Å²) < 4.78 is 1.26. The fourth-order valence-electron chi connectivity index (χ4n) is 2.82. The Morgan fingerprint density at radius 1 is 1.29 bits per heavy atom. The molecule has 1 saturated heterocycles. The molecule has 90 valence electrons. The average molecular weight is 293 g/mol. The molecule has 1 aliphatic rings. The Balaban J connectivity index is 2.20. The molecule has 3 heteroatoms. The molecule has 0 saturated carbocycles. The summed E-state index contributed by atoms with van der Waals surface area (Å²) in [6.07, 6.45) is 1.23. The Hall–Kier alpha value is -0.800. The first-order valence-electron chi connectivity index (χ1n) is 6.16. The van der Waals surface area contributed by atoms with E-state index in [0.29, 0.717) is 5.92 Å². The normalized spacial score (nSPS) is 20.3. The van der Waals surface area contributed by atoms with Gasteiger partial charge in [-0.2, -0.15) is 0 Å². The second-order valence-corrected chi connectivity index (χ2v) is 5.84. The Labute approximate surface area is 110 Å². The minimum absolute atomic E-state index is 0.622. The molecule has 0 radical (unpaired) electrons. The van der Waals surface area contributed by atoms with Crippen LogP contribution in [0.4, 0.5) is 0 Å². The Kier molecular flexibility index (Phi) is 2.75. The highest BCUT2D eigenvalue weighted by Gasteiger charge is 2.22. The SMILES string of the molecule is Cc1cc(C)c2[nH]c(C3CCNC3)c(Br)c2c1. The summed E-state index contributed by atoms with van der Waals surface area (Å²) in [6, 6.07) is 4.50. The molecular formula is C14H17BrN2. The summed E-state index contributed by atoms with van der Waals surface area (Å²) in [7, 11) is 0. The minimum atomic E-state index is 0.622. The summed E-state index contributed by atoms with van der Waals surface area (Å²) >= 11 is 3.77. The largest absolute Gasteiger partial charge is 0.357 e. The van der Waals surface area contributed by atoms with Crippen LogP contribution < -0.4 is 5.32 Å². The van der Waals surface area contributed by atoms with Crippen LogP contribution in [-0.2, 0) is 0 Å². The average Bonchev–Trinajstić information content (AvgIpc) is 2.87. The molecule has 1 unspecified atom stereocenters. The number of aromatic amines is 1. The molecule has 1 fully saturated rings. The highest BCUT2D eigenvalue weighted by molar-refractivity contribution is 9.10. The van der Waals surface area contributed by atoms with Crippen LogP contribution in [0, 0.1) is 13.8 Å². The Morgan fingerprint density at radius 3 is 2.82 bits per heavy atom. The number of benzene rings is 1. The van der Waals surface area contributed by atoms with Crippen molar-refractivity contribution in [2.75, 3.05) is 13.1 Å². The summed E-state index contributed by atoms with van der Waals surface area (Å²) in [5.41, 5.74) is 5.30. The van der Waals surface area contributed by atoms with Crippen molar-refractivity contribution in [3.63, 3.8) is 0 Å². The van der Waals surface area contributed by atoms with E-state index in [0.717, 1.165) is 13.1 Å². The third kappa shape index (κ3) is 1.81. The van der Waals surface area contributed by atoms with E-state index in [1.807, 2.05) is 0 Å². The van der Waals surface area contributed by atoms with Crippen molar-refractivity contribution in [1.82, 2.24) is 10.3 Å². The summed E-state index contributed by atoms with van der Waals surface area (Å²) in [6.45, 7) is 6.55. The predicted molar refractivity (Wildman–Crippen MR) is 75.7 cm³/mol. The van der Waals surface area contributed by atoms with Crippen LogP contribution in [0.15, 0.2) is 16.6 Å². The smallest absolute Gasteiger partial charge is 0.0497 e. The zero-order chi connectivity index (χ0) is 12.0. The first-order chi connectivity index (χ1) is 8.16. The Bertz CT molecular complexity index is 565. The maximum atomic E-state index is 3.77. The summed E-state index contributed by atoms with van der Waals surface area (Å²) in [5.74, 6) is 0.622. The number of halogens is 1. The maximum Gasteiger partial charge on any atom is 0.0497 e. The predicted octanol–water partition coefficient (Wildman–Crippen LogP) is 3.62. The van der Waals surface area contributed by atoms with E-state index in [9.17, 15) is 0 Å². The van der Waals surface area contributed by atoms with Crippen LogP contribution in [0.1, 0.15) is 29.2 Å². The van der Waals surface area contributed by atoms with Gasteiger partial charge < -0.3 is 10.3 Å². The molecule has 0 spiro atoms. The number of H-pyrrole nitrogens is 1. The molecule has 1 atom stereocenters. The van der Waals surface area contributed by atoms with E-state index in [4.69, 9.17) is 0 Å². The molecule has 0 amide bonds. The first-order valence-corrected chi connectivity index (χ1v) is 6.95. The van der Waals surface area contributed by atoms with Crippen LogP contribution in [0.5, 0.6) is 0 Å². The zero-order valence-electron chi connectivity index (χ0n) is 10.2. The van der Waals surface area contributed by atoms with Gasteiger partial charge in [-0.15, -0.1) is 0 Å². The van der Waals surface area contributed by atoms with Crippen molar-refractivity contribution in [3.05, 3.63) is 33.4 Å². The monoisotopic (exact) mass is 292 g/mol. The van der Waals surface area contributed by atoms with Gasteiger partial charge in [0.25, 0.3) is 0 Å². The molecule has 3 rings (SSSR count). The zero-order valence-corrected chi connectivity index (χ0v) is 11.8. The van der Waals surface area contributed by atoms with Crippen LogP contribution in [0.3, 0.4) is 0 Å². The first kappa shape index (κ1) is 11.3. The van der Waals surface area contributed by atoms with E-state index in [2.05, 4.69) is 52.2 Å². The number of nitrogens with one attached hydrogen (secondary N) is 2. The lowest BCUT2D eigenvalue weighted by molar-refractivity contribution is 0.739. The number of rotatable bonds is 1. The summed E-state index contributed by atoms with van der Waals surface area (Å²) in [5, 5.41) is 4.75. The fourth-order valence-corrected chi connectivity index (χ4v) is 3.56. The van der Waals surface area contributed by atoms with Gasteiger partial charge in [-0.1, -0.05) is 11.6 Å². The van der Waals surface area contributed by atoms with Crippen molar-refractivity contribution >= 4 is 26.8 Å². The molecular weight excluding hydrogens is 276 g/mol. The van der Waals surface area contributed by atoms with Crippen LogP contribution in [-0.4, -0.2) is 18.1 Å². The molecule has 1 aromatic carbocycles. The van der Waals surface area contributed by atoms with Crippen molar-refractivity contribution in [1.29, 1.82) is 0 Å². The molecule has 2 aromatic rings. The molecule has 1 aromatic heterocycles. The summed E-state index contributed by atoms with van der Waals surface area (Å²) in [4.78, 5) is 3.61. The molecule has 2 N–H and O–H groups in total. The minimum Gasteiger partial charge on any atom is -0.357 e. The van der Waals surface area contributed by atoms with Gasteiger partial charge in [0.1, 0.15) is 0 Å². The molecule has 1 aliphatic heterocycles. The third-order valence-corrected chi connectivity index (χ3v) is 4.54. The molecule has 17 heavy (non-hydrogen) atoms. The standard InChI is InChI=1S/C14H17BrN2/c1-8-5-9(2)13-11(6-8)12(15)14(17-13)10-3-4-16-7-10/h5-6,10,16-17H,3-4,7H2,1-2H3. The highest BCUT2D eigenvalue weighted by Crippen LogP contribution is 2.36. The van der Waals surface area contributed by atoms with E-state index in [-0.39, 0.29) is 0 Å². The van der Waals surface area contributed by atoms with Crippen LogP contribution in [0.25, 0.3) is 10.9 Å². The van der Waals surface area contributed by atoms with Crippen LogP contribution in [0.2, 0.25) is 0 Å². The van der Waals surface area contributed by atoms with Gasteiger partial charge in [0.2, 0.25) is 0 Å². The van der Waals surface area contributed by atoms with Gasteiger partial charge in [-0.05, 0) is 54.4 Å². The topological polar surface area (TPSA) is 27.8 Å². The van der Waals surface area contributed by atoms with E-state index in [1.54, 1.807) is 0 Å². The van der Waals surface area contributed by atoms with Crippen molar-refractivity contribution < 1.29 is 0 Å². The second kappa shape index (κ2) is 4.14. The lowest BCUT2D eigenvalue weighted by Gasteiger charge is -2.06. The van der Waals surface area contributed by atoms with Crippen molar-refractivity contribution in [3.8, 4) is 0 Å². The molecule has 2 nitrogen and oxygen atoms in total. The van der Waals surface area contributed by atoms with Gasteiger partial charge in [-0.3, -0.25) is 0 Å². The molecule has 2 heterocycles. The lowest BCUT2D eigenvalue weighted by Crippen LogP contribution is -2.08. The second-order valence-electron chi connectivity index (χ2n) is 5.05. The van der Waals surface area contributed by atoms with Gasteiger partial charge >= 0.3 is 0 Å². The van der Waals surface area contributed by atoms with E-state index in [1.165, 1.54) is 38.6 Å². The van der Waals surface area contributed by atoms with E-state index < -0.39 is 0 Å². The fraction of sp³-hybridized carbons (Fsp3) is 0.429. The number of aromatic nitrogens is 1. The number of hydrogen-bond acceptors (Lipinski definition) is 1. The lowest BCUT2D eigenvalue weighted by atomic mass is 10.0. The third-order valence-electron chi connectivity index (χ3n) is 3.68. The van der Waals surface area contributed by atoms with Gasteiger partial charge in [0.15, 0.2) is 0 Å². The van der Waals surface area contributed by atoms with Crippen molar-refractivity contribution in [2.45, 2.75) is 26.2 Å². The van der Waals surface area contributed by atoms with Crippen LogP contribution >= 0.6 is 15.9 Å². The Morgan fingerprint density at radius 2 is 2.12 bits per heavy atom.